The van der Waals surface area contributed by atoms with Crippen LogP contribution in [0.15, 0.2) is 72.8 Å². The molecule has 10 nitrogen and oxygen atoms in total. The first-order chi connectivity index (χ1) is 22.3. The van der Waals surface area contributed by atoms with Gasteiger partial charge in [-0.2, -0.15) is 0 Å². The summed E-state index contributed by atoms with van der Waals surface area (Å²) >= 11 is 0. The monoisotopic (exact) mass is 630 g/mol. The van der Waals surface area contributed by atoms with Gasteiger partial charge < -0.3 is 29.5 Å². The summed E-state index contributed by atoms with van der Waals surface area (Å²) < 4.78 is 17.9. The topological polar surface area (TPSA) is 104 Å². The SMILES string of the molecule is C[C@@H]1CN([C@H](C)CO)C(=O)c2cc(NC(=O)CCN3CCOCC3)ccc2O[C@@H]1CN(C)Cc1ccc(Oc2ccccc2)cc1. The average molecular weight is 631 g/mol. The molecule has 5 rings (SSSR count). The Morgan fingerprint density at radius 1 is 1.07 bits per heavy atom. The van der Waals surface area contributed by atoms with Crippen LogP contribution in [-0.2, 0) is 16.1 Å². The summed E-state index contributed by atoms with van der Waals surface area (Å²) in [7, 11) is 2.05. The first-order valence-electron chi connectivity index (χ1n) is 16.1. The Labute approximate surface area is 271 Å². The molecule has 2 heterocycles. The van der Waals surface area contributed by atoms with E-state index in [9.17, 15) is 14.7 Å². The quantitative estimate of drug-likeness (QED) is 0.302. The van der Waals surface area contributed by atoms with Gasteiger partial charge in [-0.05, 0) is 62.0 Å². The molecule has 2 amide bonds. The maximum absolute atomic E-state index is 13.8. The van der Waals surface area contributed by atoms with Crippen LogP contribution in [0.2, 0.25) is 0 Å². The van der Waals surface area contributed by atoms with E-state index in [-0.39, 0.29) is 36.5 Å². The molecule has 3 atom stereocenters. The maximum atomic E-state index is 13.8. The van der Waals surface area contributed by atoms with E-state index in [1.165, 1.54) is 0 Å². The lowest BCUT2D eigenvalue weighted by Crippen LogP contribution is -2.49. The first-order valence-corrected chi connectivity index (χ1v) is 16.1. The van der Waals surface area contributed by atoms with Gasteiger partial charge in [0, 0.05) is 57.3 Å². The summed E-state index contributed by atoms with van der Waals surface area (Å²) in [6.45, 7) is 9.19. The Morgan fingerprint density at radius 3 is 2.50 bits per heavy atom. The Balaban J connectivity index is 1.26. The normalized spacial score (nSPS) is 19.5. The number of hydrogen-bond acceptors (Lipinski definition) is 8. The zero-order chi connectivity index (χ0) is 32.5. The van der Waals surface area contributed by atoms with Crippen LogP contribution in [0.4, 0.5) is 5.69 Å². The number of benzene rings is 3. The minimum atomic E-state index is -0.373. The summed E-state index contributed by atoms with van der Waals surface area (Å²) in [5.41, 5.74) is 2.06. The number of rotatable bonds is 12. The summed E-state index contributed by atoms with van der Waals surface area (Å²) in [6.07, 6.45) is 0.129. The van der Waals surface area contributed by atoms with E-state index in [0.717, 1.165) is 30.2 Å². The second-order valence-corrected chi connectivity index (χ2v) is 12.3. The number of likely N-dealkylation sites (N-methyl/N-ethyl adjacent to an activating group) is 1. The molecule has 246 valence electrons. The van der Waals surface area contributed by atoms with E-state index < -0.39 is 0 Å². The molecule has 0 unspecified atom stereocenters. The van der Waals surface area contributed by atoms with Crippen molar-refractivity contribution in [3.8, 4) is 17.2 Å². The van der Waals surface area contributed by atoms with E-state index >= 15 is 0 Å². The molecule has 0 spiro atoms. The summed E-state index contributed by atoms with van der Waals surface area (Å²) in [4.78, 5) is 32.7. The molecule has 1 saturated heterocycles. The van der Waals surface area contributed by atoms with Gasteiger partial charge in [0.1, 0.15) is 23.4 Å². The van der Waals surface area contributed by atoms with Crippen molar-refractivity contribution in [2.24, 2.45) is 5.92 Å². The molecule has 10 heteroatoms. The van der Waals surface area contributed by atoms with Crippen molar-refractivity contribution in [2.45, 2.75) is 39.0 Å². The number of morpholine rings is 1. The standard InChI is InChI=1S/C36H46N4O6/c1-26-22-40(27(2)25-41)36(43)32-21-29(37-35(42)15-16-39-17-19-44-20-18-39)11-14-33(32)46-34(26)24-38(3)23-28-9-12-31(13-10-28)45-30-7-5-4-6-8-30/h4-14,21,26-27,34,41H,15-20,22-25H2,1-3H3,(H,37,42)/t26-,27-,34-/m1/s1. The van der Waals surface area contributed by atoms with Gasteiger partial charge in [-0.3, -0.25) is 19.4 Å². The highest BCUT2D eigenvalue weighted by Crippen LogP contribution is 2.31. The van der Waals surface area contributed by atoms with Gasteiger partial charge in [0.15, 0.2) is 0 Å². The zero-order valence-corrected chi connectivity index (χ0v) is 27.1. The predicted octanol–water partition coefficient (Wildman–Crippen LogP) is 4.49. The largest absolute Gasteiger partial charge is 0.488 e. The third-order valence-corrected chi connectivity index (χ3v) is 8.55. The number of fused-ring (bicyclic) bond motifs is 1. The summed E-state index contributed by atoms with van der Waals surface area (Å²) in [5, 5.41) is 13.0. The number of ether oxygens (including phenoxy) is 3. The van der Waals surface area contributed by atoms with Crippen molar-refractivity contribution >= 4 is 17.5 Å². The highest BCUT2D eigenvalue weighted by atomic mass is 16.5. The van der Waals surface area contributed by atoms with Crippen LogP contribution < -0.4 is 14.8 Å². The van der Waals surface area contributed by atoms with Crippen LogP contribution in [0.5, 0.6) is 17.2 Å². The average Bonchev–Trinajstić information content (AvgIpc) is 3.07. The lowest BCUT2D eigenvalue weighted by Gasteiger charge is -2.38. The van der Waals surface area contributed by atoms with Crippen molar-refractivity contribution in [3.05, 3.63) is 83.9 Å². The summed E-state index contributed by atoms with van der Waals surface area (Å²) in [6, 6.07) is 22.6. The fourth-order valence-corrected chi connectivity index (χ4v) is 5.80. The van der Waals surface area contributed by atoms with Gasteiger partial charge in [0.05, 0.1) is 31.4 Å². The van der Waals surface area contributed by atoms with E-state index in [4.69, 9.17) is 14.2 Å². The number of carbonyl (C=O) groups excluding carboxylic acids is 2. The lowest BCUT2D eigenvalue weighted by atomic mass is 9.99. The molecular weight excluding hydrogens is 584 g/mol. The van der Waals surface area contributed by atoms with Gasteiger partial charge in [-0.25, -0.2) is 0 Å². The highest BCUT2D eigenvalue weighted by molar-refractivity contribution is 6.00. The van der Waals surface area contributed by atoms with Crippen LogP contribution in [0.1, 0.15) is 36.2 Å². The van der Waals surface area contributed by atoms with E-state index in [0.29, 0.717) is 62.8 Å². The number of amides is 2. The zero-order valence-electron chi connectivity index (χ0n) is 27.1. The maximum Gasteiger partial charge on any atom is 0.258 e. The fraction of sp³-hybridized carbons (Fsp3) is 0.444. The van der Waals surface area contributed by atoms with Gasteiger partial charge in [-0.15, -0.1) is 0 Å². The number of nitrogens with zero attached hydrogens (tertiary/aromatic N) is 3. The molecular formula is C36H46N4O6. The minimum absolute atomic E-state index is 0.00485. The molecule has 0 saturated carbocycles. The van der Waals surface area contributed by atoms with E-state index in [1.54, 1.807) is 23.1 Å². The number of carbonyl (C=O) groups is 2. The fourth-order valence-electron chi connectivity index (χ4n) is 5.80. The van der Waals surface area contributed by atoms with Crippen LogP contribution in [0, 0.1) is 5.92 Å². The van der Waals surface area contributed by atoms with Gasteiger partial charge in [-0.1, -0.05) is 37.3 Å². The molecule has 3 aromatic carbocycles. The molecule has 0 aromatic heterocycles. The van der Waals surface area contributed by atoms with Gasteiger partial charge >= 0.3 is 0 Å². The van der Waals surface area contributed by atoms with Crippen LogP contribution in [-0.4, -0.2) is 103 Å². The number of aliphatic hydroxyl groups excluding tert-OH is 1. The minimum Gasteiger partial charge on any atom is -0.488 e. The van der Waals surface area contributed by atoms with Crippen molar-refractivity contribution in [3.63, 3.8) is 0 Å². The second-order valence-electron chi connectivity index (χ2n) is 12.3. The Kier molecular flexibility index (Phi) is 11.7. The lowest BCUT2D eigenvalue weighted by molar-refractivity contribution is -0.116. The third-order valence-electron chi connectivity index (χ3n) is 8.55. The number of aliphatic hydroxyl groups is 1. The molecule has 2 N–H and O–H groups in total. The molecule has 0 radical (unpaired) electrons. The van der Waals surface area contributed by atoms with Crippen molar-refractivity contribution in [2.75, 3.05) is 64.9 Å². The number of hydrogen-bond donors (Lipinski definition) is 2. The van der Waals surface area contributed by atoms with Crippen molar-refractivity contribution < 1.29 is 28.9 Å². The van der Waals surface area contributed by atoms with Gasteiger partial charge in [0.25, 0.3) is 5.91 Å². The molecule has 0 aliphatic carbocycles. The molecule has 2 aliphatic heterocycles. The molecule has 3 aromatic rings. The molecule has 46 heavy (non-hydrogen) atoms. The second kappa shape index (κ2) is 16.0. The highest BCUT2D eigenvalue weighted by Gasteiger charge is 2.33. The number of para-hydroxylation sites is 1. The Hall–Kier alpha value is -3.96. The summed E-state index contributed by atoms with van der Waals surface area (Å²) in [5.74, 6) is 1.70. The number of nitrogens with one attached hydrogen (secondary N) is 1. The Bertz CT molecular complexity index is 1430. The number of anilines is 1. The third kappa shape index (κ3) is 9.07. The van der Waals surface area contributed by atoms with Crippen LogP contribution in [0.3, 0.4) is 0 Å². The molecule has 1 fully saturated rings. The molecule has 2 aliphatic rings. The predicted molar refractivity (Wildman–Crippen MR) is 177 cm³/mol. The first kappa shape index (κ1) is 33.4. The Morgan fingerprint density at radius 2 is 1.78 bits per heavy atom. The van der Waals surface area contributed by atoms with Gasteiger partial charge in [0.2, 0.25) is 5.91 Å². The van der Waals surface area contributed by atoms with E-state index in [2.05, 4.69) is 41.2 Å². The van der Waals surface area contributed by atoms with Crippen LogP contribution in [0.25, 0.3) is 0 Å². The van der Waals surface area contributed by atoms with Crippen molar-refractivity contribution in [1.82, 2.24) is 14.7 Å². The smallest absolute Gasteiger partial charge is 0.258 e. The van der Waals surface area contributed by atoms with E-state index in [1.807, 2.05) is 49.4 Å². The van der Waals surface area contributed by atoms with Crippen LogP contribution >= 0.6 is 0 Å². The molecule has 0 bridgehead atoms. The van der Waals surface area contributed by atoms with Crippen molar-refractivity contribution in [1.29, 1.82) is 0 Å².